The molecule has 0 unspecified atom stereocenters. The molecular formula is C15H22ClFN2O. The summed E-state index contributed by atoms with van der Waals surface area (Å²) < 4.78 is 13.1. The van der Waals surface area contributed by atoms with Gasteiger partial charge in [-0.05, 0) is 37.0 Å². The largest absolute Gasteiger partial charge is 0.338 e. The average molecular weight is 301 g/mol. The van der Waals surface area contributed by atoms with Gasteiger partial charge in [0.2, 0.25) is 5.91 Å². The van der Waals surface area contributed by atoms with Crippen LogP contribution in [0.1, 0.15) is 31.2 Å². The molecule has 0 heterocycles. The molecule has 1 aromatic rings. The summed E-state index contributed by atoms with van der Waals surface area (Å²) in [6.45, 7) is 0.684. The summed E-state index contributed by atoms with van der Waals surface area (Å²) in [5, 5.41) is 0. The molecule has 20 heavy (non-hydrogen) atoms. The van der Waals surface area contributed by atoms with E-state index in [-0.39, 0.29) is 30.7 Å². The van der Waals surface area contributed by atoms with Gasteiger partial charge in [0.15, 0.2) is 0 Å². The Balaban J connectivity index is 0.00000200. The van der Waals surface area contributed by atoms with Crippen molar-refractivity contribution in [1.82, 2.24) is 4.90 Å². The minimum absolute atomic E-state index is 0. The number of benzene rings is 1. The van der Waals surface area contributed by atoms with Crippen molar-refractivity contribution in [1.29, 1.82) is 0 Å². The molecule has 0 aromatic heterocycles. The van der Waals surface area contributed by atoms with Crippen molar-refractivity contribution < 1.29 is 9.18 Å². The van der Waals surface area contributed by atoms with Crippen molar-refractivity contribution in [3.05, 3.63) is 35.6 Å². The minimum Gasteiger partial charge on any atom is -0.338 e. The molecular weight excluding hydrogens is 279 g/mol. The highest BCUT2D eigenvalue weighted by Gasteiger charge is 2.25. The predicted molar refractivity (Wildman–Crippen MR) is 80.4 cm³/mol. The Morgan fingerprint density at radius 2 is 2.05 bits per heavy atom. The second-order valence-electron chi connectivity index (χ2n) is 5.11. The van der Waals surface area contributed by atoms with Crippen LogP contribution in [0.15, 0.2) is 24.3 Å². The standard InChI is InChI=1S/C15H21FN2O.ClH/c16-13-5-3-4-12(10-13)8-9-18(15(19)11-17)14-6-1-2-7-14;/h3-5,10,14H,1-2,6-9,11,17H2;1H. The van der Waals surface area contributed by atoms with Gasteiger partial charge in [0.25, 0.3) is 0 Å². The van der Waals surface area contributed by atoms with Crippen LogP contribution in [0.4, 0.5) is 4.39 Å². The molecule has 1 fully saturated rings. The molecule has 0 atom stereocenters. The van der Waals surface area contributed by atoms with Crippen LogP contribution in [-0.4, -0.2) is 29.9 Å². The van der Waals surface area contributed by atoms with Gasteiger partial charge >= 0.3 is 0 Å². The highest BCUT2D eigenvalue weighted by molar-refractivity contribution is 5.85. The van der Waals surface area contributed by atoms with Crippen molar-refractivity contribution in [2.24, 2.45) is 5.73 Å². The monoisotopic (exact) mass is 300 g/mol. The van der Waals surface area contributed by atoms with Gasteiger partial charge < -0.3 is 10.6 Å². The summed E-state index contributed by atoms with van der Waals surface area (Å²) >= 11 is 0. The molecule has 1 aromatic carbocycles. The topological polar surface area (TPSA) is 46.3 Å². The van der Waals surface area contributed by atoms with E-state index < -0.39 is 0 Å². The molecule has 2 N–H and O–H groups in total. The Bertz CT molecular complexity index is 436. The van der Waals surface area contributed by atoms with Crippen LogP contribution in [0.25, 0.3) is 0 Å². The average Bonchev–Trinajstić information content (AvgIpc) is 2.92. The molecule has 0 bridgehead atoms. The zero-order chi connectivity index (χ0) is 13.7. The van der Waals surface area contributed by atoms with E-state index in [1.165, 1.54) is 25.0 Å². The fourth-order valence-electron chi connectivity index (χ4n) is 2.79. The first-order valence-electron chi connectivity index (χ1n) is 6.94. The lowest BCUT2D eigenvalue weighted by Gasteiger charge is -2.28. The maximum atomic E-state index is 13.1. The number of carbonyl (C=O) groups is 1. The molecule has 1 amide bonds. The van der Waals surface area contributed by atoms with Gasteiger partial charge in [0, 0.05) is 12.6 Å². The highest BCUT2D eigenvalue weighted by Crippen LogP contribution is 2.23. The lowest BCUT2D eigenvalue weighted by Crippen LogP contribution is -2.43. The number of carbonyl (C=O) groups excluding carboxylic acids is 1. The third-order valence-corrected chi connectivity index (χ3v) is 3.79. The van der Waals surface area contributed by atoms with Gasteiger partial charge in [-0.2, -0.15) is 0 Å². The van der Waals surface area contributed by atoms with Gasteiger partial charge in [0.05, 0.1) is 6.54 Å². The minimum atomic E-state index is -0.227. The number of hydrogen-bond acceptors (Lipinski definition) is 2. The van der Waals surface area contributed by atoms with Crippen LogP contribution >= 0.6 is 12.4 Å². The zero-order valence-corrected chi connectivity index (χ0v) is 12.4. The molecule has 2 rings (SSSR count). The Kier molecular flexibility index (Phi) is 6.96. The van der Waals surface area contributed by atoms with E-state index in [2.05, 4.69) is 0 Å². The van der Waals surface area contributed by atoms with E-state index >= 15 is 0 Å². The fraction of sp³-hybridized carbons (Fsp3) is 0.533. The molecule has 0 spiro atoms. The summed E-state index contributed by atoms with van der Waals surface area (Å²) in [7, 11) is 0. The van der Waals surface area contributed by atoms with Gasteiger partial charge in [0.1, 0.15) is 5.82 Å². The van der Waals surface area contributed by atoms with E-state index in [1.54, 1.807) is 6.07 Å². The quantitative estimate of drug-likeness (QED) is 0.908. The van der Waals surface area contributed by atoms with Crippen LogP contribution in [-0.2, 0) is 11.2 Å². The molecule has 1 aliphatic rings. The Morgan fingerprint density at radius 1 is 1.35 bits per heavy atom. The third kappa shape index (κ3) is 4.46. The maximum absolute atomic E-state index is 13.1. The highest BCUT2D eigenvalue weighted by atomic mass is 35.5. The Hall–Kier alpha value is -1.13. The van der Waals surface area contributed by atoms with Crippen molar-refractivity contribution in [3.8, 4) is 0 Å². The Morgan fingerprint density at radius 3 is 2.65 bits per heavy atom. The lowest BCUT2D eigenvalue weighted by molar-refractivity contribution is -0.131. The van der Waals surface area contributed by atoms with Crippen LogP contribution in [0.3, 0.4) is 0 Å². The van der Waals surface area contributed by atoms with Gasteiger partial charge in [-0.1, -0.05) is 25.0 Å². The van der Waals surface area contributed by atoms with E-state index in [1.807, 2.05) is 11.0 Å². The second-order valence-corrected chi connectivity index (χ2v) is 5.11. The molecule has 1 saturated carbocycles. The van der Waals surface area contributed by atoms with Gasteiger partial charge in [-0.25, -0.2) is 4.39 Å². The molecule has 0 saturated heterocycles. The van der Waals surface area contributed by atoms with Crippen molar-refractivity contribution in [2.75, 3.05) is 13.1 Å². The number of nitrogens with zero attached hydrogens (tertiary/aromatic N) is 1. The van der Waals surface area contributed by atoms with E-state index in [0.29, 0.717) is 19.0 Å². The van der Waals surface area contributed by atoms with E-state index in [4.69, 9.17) is 5.73 Å². The number of hydrogen-bond donors (Lipinski definition) is 1. The number of amides is 1. The second kappa shape index (κ2) is 8.22. The fourth-order valence-corrected chi connectivity index (χ4v) is 2.79. The first-order valence-corrected chi connectivity index (χ1v) is 6.94. The van der Waals surface area contributed by atoms with E-state index in [9.17, 15) is 9.18 Å². The van der Waals surface area contributed by atoms with Crippen LogP contribution in [0, 0.1) is 5.82 Å². The molecule has 3 nitrogen and oxygen atoms in total. The van der Waals surface area contributed by atoms with Crippen molar-refractivity contribution in [2.45, 2.75) is 38.1 Å². The summed E-state index contributed by atoms with van der Waals surface area (Å²) in [5.74, 6) is -0.224. The molecule has 0 radical (unpaired) electrons. The molecule has 1 aliphatic carbocycles. The summed E-state index contributed by atoms with van der Waals surface area (Å²) in [6, 6.07) is 6.88. The summed E-state index contributed by atoms with van der Waals surface area (Å²) in [6.07, 6.45) is 5.17. The number of nitrogens with two attached hydrogens (primary N) is 1. The lowest BCUT2D eigenvalue weighted by atomic mass is 10.1. The van der Waals surface area contributed by atoms with Crippen LogP contribution in [0.5, 0.6) is 0 Å². The maximum Gasteiger partial charge on any atom is 0.236 e. The summed E-state index contributed by atoms with van der Waals surface area (Å²) in [4.78, 5) is 13.8. The van der Waals surface area contributed by atoms with E-state index in [0.717, 1.165) is 18.4 Å². The van der Waals surface area contributed by atoms with Crippen LogP contribution in [0.2, 0.25) is 0 Å². The van der Waals surface area contributed by atoms with Crippen molar-refractivity contribution >= 4 is 18.3 Å². The third-order valence-electron chi connectivity index (χ3n) is 3.79. The predicted octanol–water partition coefficient (Wildman–Crippen LogP) is 2.52. The van der Waals surface area contributed by atoms with Gasteiger partial charge in [-0.3, -0.25) is 4.79 Å². The van der Waals surface area contributed by atoms with Gasteiger partial charge in [-0.15, -0.1) is 12.4 Å². The molecule has 112 valence electrons. The van der Waals surface area contributed by atoms with Crippen LogP contribution < -0.4 is 5.73 Å². The first kappa shape index (κ1) is 16.9. The smallest absolute Gasteiger partial charge is 0.236 e. The number of rotatable bonds is 5. The normalized spacial score (nSPS) is 14.9. The Labute approximate surface area is 125 Å². The molecule has 0 aliphatic heterocycles. The molecule has 5 heteroatoms. The first-order chi connectivity index (χ1) is 9.20. The van der Waals surface area contributed by atoms with Crippen molar-refractivity contribution in [3.63, 3.8) is 0 Å². The number of halogens is 2. The SMILES string of the molecule is Cl.NCC(=O)N(CCc1cccc(F)c1)C1CCCC1. The summed E-state index contributed by atoms with van der Waals surface area (Å²) in [5.41, 5.74) is 6.41. The zero-order valence-electron chi connectivity index (χ0n) is 11.6.